The molecule has 2 aliphatic rings. The van der Waals surface area contributed by atoms with Crippen molar-refractivity contribution >= 4 is 5.71 Å². The van der Waals surface area contributed by atoms with Crippen LogP contribution in [0.15, 0.2) is 4.99 Å². The molecule has 0 amide bonds. The van der Waals surface area contributed by atoms with Crippen molar-refractivity contribution in [2.24, 2.45) is 10.4 Å². The van der Waals surface area contributed by atoms with E-state index in [1.54, 1.807) is 0 Å². The summed E-state index contributed by atoms with van der Waals surface area (Å²) in [6, 6.07) is 0. The Labute approximate surface area is 56.2 Å². The lowest BCUT2D eigenvalue weighted by atomic mass is 9.65. The molecule has 9 heavy (non-hydrogen) atoms. The maximum Gasteiger partial charge on any atom is 0.0397 e. The quantitative estimate of drug-likeness (QED) is 0.467. The Balaban J connectivity index is 2.20. The molecule has 50 valence electrons. The first-order valence-corrected chi connectivity index (χ1v) is 3.85. The first kappa shape index (κ1) is 5.45. The molecule has 0 aromatic carbocycles. The van der Waals surface area contributed by atoms with E-state index in [0.717, 1.165) is 6.54 Å². The third kappa shape index (κ3) is 0.577. The lowest BCUT2D eigenvalue weighted by Crippen LogP contribution is -2.33. The summed E-state index contributed by atoms with van der Waals surface area (Å²) >= 11 is 0. The van der Waals surface area contributed by atoms with E-state index in [0.29, 0.717) is 5.41 Å². The molecule has 1 saturated carbocycles. The van der Waals surface area contributed by atoms with Gasteiger partial charge < -0.3 is 0 Å². The van der Waals surface area contributed by atoms with Crippen molar-refractivity contribution in [3.05, 3.63) is 0 Å². The number of aliphatic imine (C=N–C) groups is 1. The van der Waals surface area contributed by atoms with Crippen molar-refractivity contribution in [3.63, 3.8) is 0 Å². The van der Waals surface area contributed by atoms with Gasteiger partial charge in [-0.1, -0.05) is 6.42 Å². The molecular weight excluding hydrogens is 110 g/mol. The molecule has 0 bridgehead atoms. The van der Waals surface area contributed by atoms with Crippen LogP contribution in [0.3, 0.4) is 0 Å². The van der Waals surface area contributed by atoms with Gasteiger partial charge in [-0.15, -0.1) is 0 Å². The Bertz CT molecular complexity index is 154. The summed E-state index contributed by atoms with van der Waals surface area (Å²) < 4.78 is 0. The minimum absolute atomic E-state index is 0.625. The van der Waals surface area contributed by atoms with Crippen molar-refractivity contribution in [3.8, 4) is 0 Å². The van der Waals surface area contributed by atoms with E-state index in [-0.39, 0.29) is 0 Å². The molecule has 1 heterocycles. The standard InChI is InChI=1S/C8H13N/c1-7-8(3-2-4-8)5-6-9-7/h2-6H2,1H3. The van der Waals surface area contributed by atoms with Crippen LogP contribution in [0.1, 0.15) is 32.6 Å². The van der Waals surface area contributed by atoms with Crippen LogP contribution in [0.5, 0.6) is 0 Å². The molecule has 0 unspecified atom stereocenters. The van der Waals surface area contributed by atoms with E-state index >= 15 is 0 Å². The van der Waals surface area contributed by atoms with Gasteiger partial charge in [0.1, 0.15) is 0 Å². The van der Waals surface area contributed by atoms with Crippen LogP contribution in [-0.2, 0) is 0 Å². The molecule has 1 nitrogen and oxygen atoms in total. The molecule has 0 N–H and O–H groups in total. The normalized spacial score (nSPS) is 30.1. The molecule has 1 fully saturated rings. The summed E-state index contributed by atoms with van der Waals surface area (Å²) in [5.41, 5.74) is 2.06. The summed E-state index contributed by atoms with van der Waals surface area (Å²) in [7, 11) is 0. The highest BCUT2D eigenvalue weighted by atomic mass is 14.8. The van der Waals surface area contributed by atoms with Gasteiger partial charge in [0.2, 0.25) is 0 Å². The maximum atomic E-state index is 4.43. The van der Waals surface area contributed by atoms with Crippen molar-refractivity contribution in [1.29, 1.82) is 0 Å². The van der Waals surface area contributed by atoms with Gasteiger partial charge >= 0.3 is 0 Å². The second-order valence-electron chi connectivity index (χ2n) is 3.35. The van der Waals surface area contributed by atoms with Gasteiger partial charge in [0, 0.05) is 17.7 Å². The maximum absolute atomic E-state index is 4.43. The minimum atomic E-state index is 0.625. The number of hydrogen-bond donors (Lipinski definition) is 0. The van der Waals surface area contributed by atoms with Crippen LogP contribution in [0, 0.1) is 5.41 Å². The molecule has 1 heteroatoms. The summed E-state index contributed by atoms with van der Waals surface area (Å²) in [4.78, 5) is 4.43. The topological polar surface area (TPSA) is 12.4 Å². The molecule has 0 radical (unpaired) electrons. The first-order valence-electron chi connectivity index (χ1n) is 3.85. The van der Waals surface area contributed by atoms with Gasteiger partial charge in [-0.3, -0.25) is 4.99 Å². The van der Waals surface area contributed by atoms with Crippen LogP contribution in [-0.4, -0.2) is 12.3 Å². The zero-order chi connectivity index (χ0) is 6.32. The zero-order valence-electron chi connectivity index (χ0n) is 5.98. The third-order valence-electron chi connectivity index (χ3n) is 3.02. The smallest absolute Gasteiger partial charge is 0.0397 e. The molecule has 2 rings (SSSR count). The van der Waals surface area contributed by atoms with E-state index in [1.165, 1.54) is 31.4 Å². The molecule has 1 spiro atoms. The van der Waals surface area contributed by atoms with Gasteiger partial charge in [0.15, 0.2) is 0 Å². The highest BCUT2D eigenvalue weighted by Gasteiger charge is 2.41. The van der Waals surface area contributed by atoms with E-state index in [4.69, 9.17) is 0 Å². The Morgan fingerprint density at radius 3 is 2.33 bits per heavy atom. The first-order chi connectivity index (χ1) is 4.33. The monoisotopic (exact) mass is 123 g/mol. The minimum Gasteiger partial charge on any atom is -0.294 e. The second-order valence-corrected chi connectivity index (χ2v) is 3.35. The largest absolute Gasteiger partial charge is 0.294 e. The average Bonchev–Trinajstić information content (AvgIpc) is 2.07. The third-order valence-corrected chi connectivity index (χ3v) is 3.02. The number of hydrogen-bond acceptors (Lipinski definition) is 1. The van der Waals surface area contributed by atoms with Crippen LogP contribution in [0.2, 0.25) is 0 Å². The Kier molecular flexibility index (Phi) is 0.961. The van der Waals surface area contributed by atoms with Gasteiger partial charge in [-0.25, -0.2) is 0 Å². The Hall–Kier alpha value is -0.330. The van der Waals surface area contributed by atoms with Crippen molar-refractivity contribution in [2.75, 3.05) is 6.54 Å². The fourth-order valence-electron chi connectivity index (χ4n) is 2.00. The molecule has 0 saturated heterocycles. The van der Waals surface area contributed by atoms with E-state index < -0.39 is 0 Å². The second kappa shape index (κ2) is 1.59. The van der Waals surface area contributed by atoms with Crippen LogP contribution in [0.4, 0.5) is 0 Å². The number of nitrogens with zero attached hydrogens (tertiary/aromatic N) is 1. The molecular formula is C8H13N. The molecule has 1 aliphatic heterocycles. The highest BCUT2D eigenvalue weighted by molar-refractivity contribution is 5.90. The van der Waals surface area contributed by atoms with Gasteiger partial charge in [-0.05, 0) is 26.2 Å². The van der Waals surface area contributed by atoms with E-state index in [9.17, 15) is 0 Å². The SMILES string of the molecule is CC1=NCCC12CCC2. The average molecular weight is 123 g/mol. The van der Waals surface area contributed by atoms with Crippen LogP contribution < -0.4 is 0 Å². The number of rotatable bonds is 0. The Morgan fingerprint density at radius 1 is 1.33 bits per heavy atom. The fourth-order valence-corrected chi connectivity index (χ4v) is 2.00. The van der Waals surface area contributed by atoms with Gasteiger partial charge in [-0.2, -0.15) is 0 Å². The highest BCUT2D eigenvalue weighted by Crippen LogP contribution is 2.47. The lowest BCUT2D eigenvalue weighted by Gasteiger charge is -2.38. The van der Waals surface area contributed by atoms with E-state index in [1.807, 2.05) is 0 Å². The summed E-state index contributed by atoms with van der Waals surface area (Å²) in [6.45, 7) is 3.30. The molecule has 0 aromatic rings. The Morgan fingerprint density at radius 2 is 2.11 bits per heavy atom. The van der Waals surface area contributed by atoms with Crippen LogP contribution in [0.25, 0.3) is 0 Å². The predicted molar refractivity (Wildman–Crippen MR) is 38.9 cm³/mol. The zero-order valence-corrected chi connectivity index (χ0v) is 5.98. The van der Waals surface area contributed by atoms with Gasteiger partial charge in [0.25, 0.3) is 0 Å². The van der Waals surface area contributed by atoms with Crippen LogP contribution >= 0.6 is 0 Å². The van der Waals surface area contributed by atoms with Crippen molar-refractivity contribution in [2.45, 2.75) is 32.6 Å². The summed E-state index contributed by atoms with van der Waals surface area (Å²) in [5, 5.41) is 0. The van der Waals surface area contributed by atoms with E-state index in [2.05, 4.69) is 11.9 Å². The molecule has 0 aromatic heterocycles. The van der Waals surface area contributed by atoms with Crippen molar-refractivity contribution < 1.29 is 0 Å². The fraction of sp³-hybridized carbons (Fsp3) is 0.875. The van der Waals surface area contributed by atoms with Gasteiger partial charge in [0.05, 0.1) is 0 Å². The van der Waals surface area contributed by atoms with Crippen molar-refractivity contribution in [1.82, 2.24) is 0 Å². The summed E-state index contributed by atoms with van der Waals surface area (Å²) in [6.07, 6.45) is 5.62. The lowest BCUT2D eigenvalue weighted by molar-refractivity contribution is 0.232. The predicted octanol–water partition coefficient (Wildman–Crippen LogP) is 2.02. The molecule has 1 aliphatic carbocycles. The molecule has 0 atom stereocenters. The summed E-state index contributed by atoms with van der Waals surface area (Å²) in [5.74, 6) is 0.